The van der Waals surface area contributed by atoms with E-state index in [-0.39, 0.29) is 12.5 Å². The smallest absolute Gasteiger partial charge is 0.260 e. The third-order valence-electron chi connectivity index (χ3n) is 3.92. The van der Waals surface area contributed by atoms with Crippen LogP contribution in [0.2, 0.25) is 0 Å². The second-order valence-electron chi connectivity index (χ2n) is 5.68. The normalized spacial score (nSPS) is 18.3. The Morgan fingerprint density at radius 2 is 1.90 bits per heavy atom. The van der Waals surface area contributed by atoms with Crippen LogP contribution in [0.15, 0.2) is 24.3 Å². The number of hydrogen-bond acceptors (Lipinski definition) is 3. The molecule has 1 heterocycles. The number of amides is 1. The van der Waals surface area contributed by atoms with Crippen LogP contribution >= 0.6 is 0 Å². The van der Waals surface area contributed by atoms with Crippen LogP contribution in [0.4, 0.5) is 0 Å². The highest BCUT2D eigenvalue weighted by molar-refractivity contribution is 5.78. The van der Waals surface area contributed by atoms with E-state index in [9.17, 15) is 4.79 Å². The number of rotatable bonds is 6. The summed E-state index contributed by atoms with van der Waals surface area (Å²) in [4.78, 5) is 13.7. The average molecular weight is 274 g/mol. The Hall–Kier alpha value is -1.55. The van der Waals surface area contributed by atoms with E-state index in [2.05, 4.69) is 17.4 Å². The second-order valence-corrected chi connectivity index (χ2v) is 5.68. The molecule has 1 N–H and O–H groups in total. The van der Waals surface area contributed by atoms with Gasteiger partial charge in [0.05, 0.1) is 0 Å². The van der Waals surface area contributed by atoms with Crippen molar-refractivity contribution < 1.29 is 9.53 Å². The molecule has 3 rings (SSSR count). The third kappa shape index (κ3) is 3.73. The van der Waals surface area contributed by atoms with Crippen LogP contribution in [0.25, 0.3) is 0 Å². The average Bonchev–Trinajstić information content (AvgIpc) is 3.15. The van der Waals surface area contributed by atoms with Gasteiger partial charge in [-0.1, -0.05) is 12.1 Å². The first-order valence-electron chi connectivity index (χ1n) is 7.54. The van der Waals surface area contributed by atoms with Crippen molar-refractivity contribution in [1.82, 2.24) is 10.2 Å². The number of nitrogens with zero attached hydrogens (tertiary/aromatic N) is 1. The number of benzene rings is 1. The molecule has 0 spiro atoms. The van der Waals surface area contributed by atoms with Gasteiger partial charge in [0.2, 0.25) is 0 Å². The molecule has 0 unspecified atom stereocenters. The minimum absolute atomic E-state index is 0.0991. The van der Waals surface area contributed by atoms with E-state index in [1.165, 1.54) is 18.4 Å². The fourth-order valence-electron chi connectivity index (χ4n) is 2.46. The SMILES string of the molecule is O=C(COc1ccc(CNC2CC2)cc1)N1CCCC1. The van der Waals surface area contributed by atoms with Gasteiger partial charge in [-0.05, 0) is 43.4 Å². The molecule has 2 fully saturated rings. The van der Waals surface area contributed by atoms with E-state index in [1.807, 2.05) is 17.0 Å². The Balaban J connectivity index is 1.43. The summed E-state index contributed by atoms with van der Waals surface area (Å²) in [6, 6.07) is 8.74. The third-order valence-corrected chi connectivity index (χ3v) is 3.92. The molecule has 1 saturated carbocycles. The molecule has 1 amide bonds. The Morgan fingerprint density at radius 1 is 1.20 bits per heavy atom. The maximum absolute atomic E-state index is 11.9. The van der Waals surface area contributed by atoms with Crippen molar-refractivity contribution in [3.05, 3.63) is 29.8 Å². The van der Waals surface area contributed by atoms with Gasteiger partial charge in [-0.15, -0.1) is 0 Å². The zero-order chi connectivity index (χ0) is 13.8. The zero-order valence-electron chi connectivity index (χ0n) is 11.8. The van der Waals surface area contributed by atoms with Crippen LogP contribution in [-0.2, 0) is 11.3 Å². The van der Waals surface area contributed by atoms with Crippen LogP contribution in [0.3, 0.4) is 0 Å². The molecule has 0 radical (unpaired) electrons. The van der Waals surface area contributed by atoms with Crippen molar-refractivity contribution in [1.29, 1.82) is 0 Å². The number of nitrogens with one attached hydrogen (secondary N) is 1. The van der Waals surface area contributed by atoms with Gasteiger partial charge in [0.1, 0.15) is 5.75 Å². The molecular formula is C16H22N2O2. The molecule has 1 aromatic rings. The number of hydrogen-bond donors (Lipinski definition) is 1. The molecule has 2 aliphatic rings. The summed E-state index contributed by atoms with van der Waals surface area (Å²) in [6.07, 6.45) is 4.85. The van der Waals surface area contributed by atoms with Gasteiger partial charge >= 0.3 is 0 Å². The fourth-order valence-corrected chi connectivity index (χ4v) is 2.46. The lowest BCUT2D eigenvalue weighted by atomic mass is 10.2. The van der Waals surface area contributed by atoms with Gasteiger partial charge in [-0.2, -0.15) is 0 Å². The molecule has 1 saturated heterocycles. The first-order chi connectivity index (χ1) is 9.81. The predicted molar refractivity (Wildman–Crippen MR) is 77.6 cm³/mol. The molecule has 1 aliphatic carbocycles. The van der Waals surface area contributed by atoms with Crippen molar-refractivity contribution in [2.45, 2.75) is 38.3 Å². The van der Waals surface area contributed by atoms with E-state index >= 15 is 0 Å². The highest BCUT2D eigenvalue weighted by Gasteiger charge is 2.20. The zero-order valence-corrected chi connectivity index (χ0v) is 11.8. The van der Waals surface area contributed by atoms with Crippen molar-refractivity contribution in [2.75, 3.05) is 19.7 Å². The van der Waals surface area contributed by atoms with Gasteiger partial charge < -0.3 is 15.0 Å². The van der Waals surface area contributed by atoms with Crippen molar-refractivity contribution in [3.8, 4) is 5.75 Å². The maximum Gasteiger partial charge on any atom is 0.260 e. The van der Waals surface area contributed by atoms with Gasteiger partial charge in [0.15, 0.2) is 6.61 Å². The molecule has 1 aliphatic heterocycles. The number of likely N-dealkylation sites (tertiary alicyclic amines) is 1. The second kappa shape index (κ2) is 6.27. The van der Waals surface area contributed by atoms with E-state index in [1.54, 1.807) is 0 Å². The Labute approximate surface area is 120 Å². The summed E-state index contributed by atoms with van der Waals surface area (Å²) < 4.78 is 5.56. The van der Waals surface area contributed by atoms with Crippen molar-refractivity contribution >= 4 is 5.91 Å². The van der Waals surface area contributed by atoms with Crippen molar-refractivity contribution in [2.24, 2.45) is 0 Å². The lowest BCUT2D eigenvalue weighted by Gasteiger charge is -2.15. The fraction of sp³-hybridized carbons (Fsp3) is 0.562. The lowest BCUT2D eigenvalue weighted by Crippen LogP contribution is -2.32. The van der Waals surface area contributed by atoms with E-state index in [0.717, 1.165) is 44.3 Å². The molecule has 0 aromatic heterocycles. The lowest BCUT2D eigenvalue weighted by molar-refractivity contribution is -0.132. The number of ether oxygens (including phenoxy) is 1. The van der Waals surface area contributed by atoms with Gasteiger partial charge in [0.25, 0.3) is 5.91 Å². The van der Waals surface area contributed by atoms with E-state index in [4.69, 9.17) is 4.74 Å². The Morgan fingerprint density at radius 3 is 2.55 bits per heavy atom. The molecule has 4 nitrogen and oxygen atoms in total. The molecule has 20 heavy (non-hydrogen) atoms. The first kappa shape index (κ1) is 13.4. The summed E-state index contributed by atoms with van der Waals surface area (Å²) in [6.45, 7) is 2.83. The highest BCUT2D eigenvalue weighted by Crippen LogP contribution is 2.20. The Kier molecular flexibility index (Phi) is 4.21. The van der Waals surface area contributed by atoms with Crippen molar-refractivity contribution in [3.63, 3.8) is 0 Å². The van der Waals surface area contributed by atoms with E-state index in [0.29, 0.717) is 0 Å². The van der Waals surface area contributed by atoms with Crippen LogP contribution in [-0.4, -0.2) is 36.5 Å². The van der Waals surface area contributed by atoms with E-state index < -0.39 is 0 Å². The van der Waals surface area contributed by atoms with Gasteiger partial charge in [0, 0.05) is 25.7 Å². The number of carbonyl (C=O) groups excluding carboxylic acids is 1. The first-order valence-corrected chi connectivity index (χ1v) is 7.54. The van der Waals surface area contributed by atoms with Crippen LogP contribution < -0.4 is 10.1 Å². The molecule has 4 heteroatoms. The summed E-state index contributed by atoms with van der Waals surface area (Å²) in [7, 11) is 0. The molecular weight excluding hydrogens is 252 g/mol. The molecule has 1 aromatic carbocycles. The predicted octanol–water partition coefficient (Wildman–Crippen LogP) is 1.94. The topological polar surface area (TPSA) is 41.6 Å². The quantitative estimate of drug-likeness (QED) is 0.862. The van der Waals surface area contributed by atoms with Crippen LogP contribution in [0, 0.1) is 0 Å². The monoisotopic (exact) mass is 274 g/mol. The molecule has 0 bridgehead atoms. The number of carbonyl (C=O) groups is 1. The largest absolute Gasteiger partial charge is 0.484 e. The summed E-state index contributed by atoms with van der Waals surface area (Å²) in [5.41, 5.74) is 1.26. The van der Waals surface area contributed by atoms with Gasteiger partial charge in [-0.25, -0.2) is 0 Å². The summed E-state index contributed by atoms with van der Waals surface area (Å²) in [5.74, 6) is 0.870. The molecule has 0 atom stereocenters. The minimum Gasteiger partial charge on any atom is -0.484 e. The van der Waals surface area contributed by atoms with Crippen LogP contribution in [0.1, 0.15) is 31.2 Å². The minimum atomic E-state index is 0.0991. The molecule has 108 valence electrons. The summed E-state index contributed by atoms with van der Waals surface area (Å²) >= 11 is 0. The van der Waals surface area contributed by atoms with Gasteiger partial charge in [-0.3, -0.25) is 4.79 Å². The summed E-state index contributed by atoms with van der Waals surface area (Å²) in [5, 5.41) is 3.48. The van der Waals surface area contributed by atoms with Crippen LogP contribution in [0.5, 0.6) is 5.75 Å². The maximum atomic E-state index is 11.9. The standard InChI is InChI=1S/C16H22N2O2/c19-16(18-9-1-2-10-18)12-20-15-7-3-13(4-8-15)11-17-14-5-6-14/h3-4,7-8,14,17H,1-2,5-6,9-12H2. The highest BCUT2D eigenvalue weighted by atomic mass is 16.5. The Bertz CT molecular complexity index is 448.